The maximum Gasteiger partial charge on any atom is 0.303 e. The number of rotatable bonds is 7. The van der Waals surface area contributed by atoms with Gasteiger partial charge in [-0.2, -0.15) is 11.8 Å². The van der Waals surface area contributed by atoms with Gasteiger partial charge in [0.25, 0.3) is 5.91 Å². The zero-order chi connectivity index (χ0) is 14.1. The first-order chi connectivity index (χ1) is 9.08. The molecule has 1 aliphatic heterocycles. The monoisotopic (exact) mass is 291 g/mol. The van der Waals surface area contributed by atoms with Crippen molar-refractivity contribution in [3.05, 3.63) is 0 Å². The molecule has 1 aliphatic rings. The minimum absolute atomic E-state index is 0.0315. The fourth-order valence-electron chi connectivity index (χ4n) is 1.86. The van der Waals surface area contributed by atoms with Crippen molar-refractivity contribution >= 4 is 23.6 Å². The summed E-state index contributed by atoms with van der Waals surface area (Å²) in [4.78, 5) is 22.1. The van der Waals surface area contributed by atoms with E-state index in [0.717, 1.165) is 24.3 Å². The van der Waals surface area contributed by atoms with Crippen LogP contribution in [0, 0.1) is 0 Å². The van der Waals surface area contributed by atoms with Crippen molar-refractivity contribution in [3.8, 4) is 0 Å². The average molecular weight is 291 g/mol. The van der Waals surface area contributed by atoms with E-state index in [9.17, 15) is 9.59 Å². The van der Waals surface area contributed by atoms with Crippen molar-refractivity contribution < 1.29 is 24.2 Å². The van der Waals surface area contributed by atoms with Crippen LogP contribution in [0.25, 0.3) is 0 Å². The predicted molar refractivity (Wildman–Crippen MR) is 72.0 cm³/mol. The first-order valence-corrected chi connectivity index (χ1v) is 7.46. The average Bonchev–Trinajstić information content (AvgIpc) is 2.42. The molecule has 1 amide bonds. The highest BCUT2D eigenvalue weighted by molar-refractivity contribution is 7.99. The Kier molecular flexibility index (Phi) is 7.19. The third-order valence-corrected chi connectivity index (χ3v) is 3.90. The highest BCUT2D eigenvalue weighted by atomic mass is 32.2. The number of aliphatic hydroxyl groups excluding tert-OH is 1. The van der Waals surface area contributed by atoms with E-state index in [1.54, 1.807) is 0 Å². The largest absolute Gasteiger partial charge is 0.456 e. The lowest BCUT2D eigenvalue weighted by molar-refractivity contribution is -0.146. The Morgan fingerprint density at radius 3 is 2.63 bits per heavy atom. The smallest absolute Gasteiger partial charge is 0.303 e. The lowest BCUT2D eigenvalue weighted by atomic mass is 9.96. The maximum atomic E-state index is 11.5. The Bertz CT molecular complexity index is 304. The van der Waals surface area contributed by atoms with Crippen molar-refractivity contribution in [2.45, 2.75) is 25.4 Å². The number of thioether (sulfide) groups is 1. The molecule has 0 radical (unpaired) electrons. The second kappa shape index (κ2) is 8.39. The van der Waals surface area contributed by atoms with Crippen LogP contribution in [-0.4, -0.2) is 60.5 Å². The minimum atomic E-state index is -0.476. The Hall–Kier alpha value is -0.790. The molecule has 0 aromatic carbocycles. The Morgan fingerprint density at radius 1 is 1.37 bits per heavy atom. The van der Waals surface area contributed by atoms with Gasteiger partial charge in [-0.15, -0.1) is 0 Å². The minimum Gasteiger partial charge on any atom is -0.456 e. The molecular formula is C12H21NO5S. The highest BCUT2D eigenvalue weighted by Gasteiger charge is 2.33. The first-order valence-electron chi connectivity index (χ1n) is 6.31. The summed E-state index contributed by atoms with van der Waals surface area (Å²) in [5.74, 6) is 1.15. The van der Waals surface area contributed by atoms with Gasteiger partial charge in [0.1, 0.15) is 0 Å². The number of hydrogen-bond acceptors (Lipinski definition) is 6. The van der Waals surface area contributed by atoms with Crippen LogP contribution in [0.5, 0.6) is 0 Å². The van der Waals surface area contributed by atoms with Crippen molar-refractivity contribution in [1.82, 2.24) is 5.32 Å². The molecule has 2 N–H and O–H groups in total. The third kappa shape index (κ3) is 6.26. The van der Waals surface area contributed by atoms with Gasteiger partial charge in [-0.05, 0) is 24.3 Å². The quantitative estimate of drug-likeness (QED) is 0.639. The molecule has 1 fully saturated rings. The topological polar surface area (TPSA) is 84.9 Å². The first kappa shape index (κ1) is 16.3. The number of amides is 1. The molecule has 110 valence electrons. The number of ether oxygens (including phenoxy) is 2. The maximum absolute atomic E-state index is 11.5. The molecule has 0 unspecified atom stereocenters. The summed E-state index contributed by atoms with van der Waals surface area (Å²) in [6, 6.07) is 0. The van der Waals surface area contributed by atoms with Crippen molar-refractivity contribution in [2.24, 2.45) is 0 Å². The second-order valence-electron chi connectivity index (χ2n) is 4.42. The Labute approximate surface area is 117 Å². The summed E-state index contributed by atoms with van der Waals surface area (Å²) in [5, 5.41) is 11.6. The summed E-state index contributed by atoms with van der Waals surface area (Å²) >= 11 is 1.85. The fourth-order valence-corrected chi connectivity index (χ4v) is 3.09. The van der Waals surface area contributed by atoms with Crippen LogP contribution >= 0.6 is 11.8 Å². The molecule has 6 nitrogen and oxygen atoms in total. The number of aliphatic hydroxyl groups is 1. The van der Waals surface area contributed by atoms with Gasteiger partial charge < -0.3 is 19.9 Å². The van der Waals surface area contributed by atoms with Crippen LogP contribution in [-0.2, 0) is 19.1 Å². The normalized spacial score (nSPS) is 17.8. The fraction of sp³-hybridized carbons (Fsp3) is 0.833. The van der Waals surface area contributed by atoms with Gasteiger partial charge in [0, 0.05) is 13.5 Å². The lowest BCUT2D eigenvalue weighted by Gasteiger charge is -2.37. The number of carbonyl (C=O) groups excluding carboxylic acids is 2. The molecule has 0 aromatic heterocycles. The van der Waals surface area contributed by atoms with Crippen molar-refractivity contribution in [2.75, 3.05) is 37.9 Å². The summed E-state index contributed by atoms with van der Waals surface area (Å²) in [6.07, 6.45) is 1.68. The SMILES string of the molecule is CC(=O)OCC(=O)NCC1(OCCO)CCSCC1. The molecule has 1 saturated heterocycles. The molecule has 0 saturated carbocycles. The number of carbonyl (C=O) groups is 2. The standard InChI is InChI=1S/C12H21NO5S/c1-10(15)17-8-11(16)13-9-12(18-5-4-14)2-6-19-7-3-12/h14H,2-9H2,1H3,(H,13,16). The van der Waals surface area contributed by atoms with Crippen LogP contribution in [0.2, 0.25) is 0 Å². The number of hydrogen-bond donors (Lipinski definition) is 2. The van der Waals surface area contributed by atoms with Crippen LogP contribution < -0.4 is 5.32 Å². The summed E-state index contributed by atoms with van der Waals surface area (Å²) in [5.41, 5.74) is -0.403. The highest BCUT2D eigenvalue weighted by Crippen LogP contribution is 2.29. The van der Waals surface area contributed by atoms with E-state index in [0.29, 0.717) is 6.54 Å². The molecule has 0 aliphatic carbocycles. The van der Waals surface area contributed by atoms with Crippen molar-refractivity contribution in [3.63, 3.8) is 0 Å². The van der Waals surface area contributed by atoms with Gasteiger partial charge in [-0.25, -0.2) is 0 Å². The summed E-state index contributed by atoms with van der Waals surface area (Å²) < 4.78 is 10.3. The lowest BCUT2D eigenvalue weighted by Crippen LogP contribution is -2.48. The molecule has 0 aromatic rings. The van der Waals surface area contributed by atoms with Gasteiger partial charge in [0.15, 0.2) is 6.61 Å². The molecule has 1 heterocycles. The summed E-state index contributed by atoms with van der Waals surface area (Å²) in [6.45, 7) is 1.62. The number of esters is 1. The van der Waals surface area contributed by atoms with Crippen LogP contribution in [0.15, 0.2) is 0 Å². The Balaban J connectivity index is 2.39. The van der Waals surface area contributed by atoms with Gasteiger partial charge in [-0.3, -0.25) is 9.59 Å². The van der Waals surface area contributed by atoms with E-state index in [2.05, 4.69) is 10.1 Å². The van der Waals surface area contributed by atoms with E-state index in [4.69, 9.17) is 9.84 Å². The van der Waals surface area contributed by atoms with Crippen molar-refractivity contribution in [1.29, 1.82) is 0 Å². The molecule has 19 heavy (non-hydrogen) atoms. The number of nitrogens with one attached hydrogen (secondary N) is 1. The molecule has 0 atom stereocenters. The zero-order valence-electron chi connectivity index (χ0n) is 11.1. The van der Waals surface area contributed by atoms with Crippen LogP contribution in [0.3, 0.4) is 0 Å². The van der Waals surface area contributed by atoms with Gasteiger partial charge in [0.2, 0.25) is 0 Å². The predicted octanol–water partition coefficient (Wildman–Crippen LogP) is -0.0596. The van der Waals surface area contributed by atoms with Crippen LogP contribution in [0.1, 0.15) is 19.8 Å². The molecule has 1 rings (SSSR count). The van der Waals surface area contributed by atoms with E-state index in [-0.39, 0.29) is 25.7 Å². The zero-order valence-corrected chi connectivity index (χ0v) is 12.0. The third-order valence-electron chi connectivity index (χ3n) is 2.92. The van der Waals surface area contributed by atoms with Gasteiger partial charge in [-0.1, -0.05) is 0 Å². The van der Waals surface area contributed by atoms with Crippen LogP contribution in [0.4, 0.5) is 0 Å². The van der Waals surface area contributed by atoms with Gasteiger partial charge >= 0.3 is 5.97 Å². The van der Waals surface area contributed by atoms with E-state index >= 15 is 0 Å². The van der Waals surface area contributed by atoms with E-state index in [1.807, 2.05) is 11.8 Å². The molecular weight excluding hydrogens is 270 g/mol. The van der Waals surface area contributed by atoms with E-state index < -0.39 is 11.6 Å². The molecule has 0 spiro atoms. The molecule has 7 heteroatoms. The van der Waals surface area contributed by atoms with E-state index in [1.165, 1.54) is 6.92 Å². The van der Waals surface area contributed by atoms with Gasteiger partial charge in [0.05, 0.1) is 18.8 Å². The Morgan fingerprint density at radius 2 is 2.05 bits per heavy atom. The summed E-state index contributed by atoms with van der Waals surface area (Å²) in [7, 11) is 0. The molecule has 0 bridgehead atoms. The second-order valence-corrected chi connectivity index (χ2v) is 5.65.